The maximum Gasteiger partial charge on any atom is 0.244 e. The summed E-state index contributed by atoms with van der Waals surface area (Å²) in [4.78, 5) is 17.4. The van der Waals surface area contributed by atoms with Crippen LogP contribution in [0.4, 0.5) is 5.69 Å². The van der Waals surface area contributed by atoms with Crippen LogP contribution in [0.25, 0.3) is 21.8 Å². The number of aromatic nitrogens is 2. The summed E-state index contributed by atoms with van der Waals surface area (Å²) in [7, 11) is -3.29. The van der Waals surface area contributed by atoms with Gasteiger partial charge in [0.2, 0.25) is 5.91 Å². The maximum absolute atomic E-state index is 13.0. The molecule has 1 heterocycles. The van der Waals surface area contributed by atoms with Crippen LogP contribution in [0.5, 0.6) is 0 Å². The van der Waals surface area contributed by atoms with E-state index < -0.39 is 9.84 Å². The van der Waals surface area contributed by atoms with Crippen molar-refractivity contribution < 1.29 is 13.2 Å². The third-order valence-electron chi connectivity index (χ3n) is 5.58. The molecule has 3 aromatic carbocycles. The number of hydrogen-bond acceptors (Lipinski definition) is 4. The molecule has 0 radical (unpaired) electrons. The van der Waals surface area contributed by atoms with Gasteiger partial charge in [-0.25, -0.2) is 13.4 Å². The molecule has 0 atom stereocenters. The van der Waals surface area contributed by atoms with Gasteiger partial charge >= 0.3 is 0 Å². The van der Waals surface area contributed by atoms with Gasteiger partial charge in [-0.05, 0) is 47.6 Å². The lowest BCUT2D eigenvalue weighted by Crippen LogP contribution is -2.21. The smallest absolute Gasteiger partial charge is 0.244 e. The van der Waals surface area contributed by atoms with E-state index in [1.165, 1.54) is 22.8 Å². The van der Waals surface area contributed by atoms with Crippen LogP contribution in [0.1, 0.15) is 17.0 Å². The lowest BCUT2D eigenvalue weighted by molar-refractivity contribution is -0.116. The van der Waals surface area contributed by atoms with Crippen molar-refractivity contribution in [2.45, 2.75) is 25.1 Å². The lowest BCUT2D eigenvalue weighted by atomic mass is 10.0. The molecule has 0 spiro atoms. The Bertz CT molecular complexity index is 1410. The number of carbonyl (C=O) groups is 1. The van der Waals surface area contributed by atoms with Gasteiger partial charge in [-0.2, -0.15) is 0 Å². The fourth-order valence-corrected chi connectivity index (χ4v) is 5.03. The van der Waals surface area contributed by atoms with Gasteiger partial charge in [0.25, 0.3) is 0 Å². The van der Waals surface area contributed by atoms with Crippen molar-refractivity contribution in [3.05, 3.63) is 71.5 Å². The van der Waals surface area contributed by atoms with Crippen molar-refractivity contribution >= 4 is 43.2 Å². The predicted molar refractivity (Wildman–Crippen MR) is 118 cm³/mol. The van der Waals surface area contributed by atoms with Crippen LogP contribution in [0.2, 0.25) is 0 Å². The van der Waals surface area contributed by atoms with Crippen LogP contribution in [-0.2, 0) is 39.8 Å². The molecule has 1 aromatic heterocycles. The van der Waals surface area contributed by atoms with Gasteiger partial charge < -0.3 is 9.88 Å². The Morgan fingerprint density at radius 1 is 1.03 bits per heavy atom. The van der Waals surface area contributed by atoms with Gasteiger partial charge in [-0.1, -0.05) is 36.4 Å². The number of para-hydroxylation sites is 2. The van der Waals surface area contributed by atoms with Crippen LogP contribution < -0.4 is 5.32 Å². The van der Waals surface area contributed by atoms with E-state index in [1.54, 1.807) is 4.57 Å². The molecule has 6 nitrogen and oxygen atoms in total. The zero-order valence-electron chi connectivity index (χ0n) is 16.6. The Labute approximate surface area is 174 Å². The van der Waals surface area contributed by atoms with Crippen LogP contribution >= 0.6 is 0 Å². The summed E-state index contributed by atoms with van der Waals surface area (Å²) in [6, 6.07) is 17.6. The van der Waals surface area contributed by atoms with E-state index in [9.17, 15) is 13.2 Å². The Kier molecular flexibility index (Phi) is 4.36. The molecular formula is C23H21N3O3S. The van der Waals surface area contributed by atoms with Crippen LogP contribution in [0, 0.1) is 0 Å². The minimum absolute atomic E-state index is 0.00565. The molecule has 1 amide bonds. The van der Waals surface area contributed by atoms with Gasteiger partial charge in [0.15, 0.2) is 9.84 Å². The van der Waals surface area contributed by atoms with E-state index in [-0.39, 0.29) is 18.2 Å². The lowest BCUT2D eigenvalue weighted by Gasteiger charge is -2.12. The normalized spacial score (nSPS) is 13.2. The summed E-state index contributed by atoms with van der Waals surface area (Å²) in [5.74, 6) is -0.0588. The Morgan fingerprint density at radius 3 is 2.60 bits per heavy atom. The molecule has 0 saturated heterocycles. The van der Waals surface area contributed by atoms with E-state index in [4.69, 9.17) is 0 Å². The summed E-state index contributed by atoms with van der Waals surface area (Å²) < 4.78 is 25.4. The second-order valence-corrected chi connectivity index (χ2v) is 9.97. The number of fused-ring (bicyclic) bond motifs is 1. The number of hydrogen-bond donors (Lipinski definition) is 1. The fraction of sp³-hybridized carbons (Fsp3) is 0.217. The zero-order valence-corrected chi connectivity index (χ0v) is 17.4. The topological polar surface area (TPSA) is 81.1 Å². The molecule has 5 rings (SSSR count). The number of benzene rings is 3. The highest BCUT2D eigenvalue weighted by molar-refractivity contribution is 7.89. The first-order valence-corrected chi connectivity index (χ1v) is 11.9. The molecule has 1 aliphatic rings. The molecule has 7 heteroatoms. The molecule has 152 valence electrons. The summed E-state index contributed by atoms with van der Waals surface area (Å²) in [6.45, 7) is -0.00565. The molecule has 1 aliphatic carbocycles. The first kappa shape index (κ1) is 18.8. The first-order chi connectivity index (χ1) is 14.4. The number of sulfone groups is 1. The second kappa shape index (κ2) is 6.95. The molecule has 0 fully saturated rings. The number of rotatable bonds is 5. The van der Waals surface area contributed by atoms with E-state index in [0.717, 1.165) is 29.4 Å². The number of anilines is 1. The van der Waals surface area contributed by atoms with Gasteiger partial charge in [0.1, 0.15) is 18.1 Å². The van der Waals surface area contributed by atoms with E-state index in [0.29, 0.717) is 11.3 Å². The number of amides is 1. The average Bonchev–Trinajstić information content (AvgIpc) is 3.26. The summed E-state index contributed by atoms with van der Waals surface area (Å²) in [6.07, 6.45) is 3.23. The molecule has 0 aliphatic heterocycles. The van der Waals surface area contributed by atoms with Gasteiger partial charge in [-0.15, -0.1) is 0 Å². The largest absolute Gasteiger partial charge is 0.324 e. The standard InChI is InChI=1S/C23H21N3O3S/c1-30(28,29)14-21-24-19-7-2-3-8-20(19)26(21)13-22(27)25-18-12-11-16-10-9-15-5-4-6-17(18)23(15)16/h2-8,11-12H,9-10,13-14H2,1H3,(H,25,27). The van der Waals surface area contributed by atoms with E-state index in [2.05, 4.69) is 22.4 Å². The van der Waals surface area contributed by atoms with E-state index in [1.807, 2.05) is 42.5 Å². The summed E-state index contributed by atoms with van der Waals surface area (Å²) in [5.41, 5.74) is 4.82. The predicted octanol–water partition coefficient (Wildman–Crippen LogP) is 3.47. The molecular weight excluding hydrogens is 398 g/mol. The van der Waals surface area contributed by atoms with Gasteiger partial charge in [0.05, 0.1) is 11.0 Å². The molecule has 0 bridgehead atoms. The fourth-order valence-electron chi connectivity index (χ4n) is 4.34. The monoisotopic (exact) mass is 419 g/mol. The molecule has 0 saturated carbocycles. The zero-order chi connectivity index (χ0) is 20.9. The quantitative estimate of drug-likeness (QED) is 0.537. The number of nitrogens with one attached hydrogen (secondary N) is 1. The molecule has 4 aromatic rings. The third kappa shape index (κ3) is 3.35. The highest BCUT2D eigenvalue weighted by Crippen LogP contribution is 2.35. The maximum atomic E-state index is 13.0. The molecule has 0 unspecified atom stereocenters. The average molecular weight is 420 g/mol. The van der Waals surface area contributed by atoms with Crippen LogP contribution in [0.15, 0.2) is 54.6 Å². The van der Waals surface area contributed by atoms with Crippen LogP contribution in [-0.4, -0.2) is 30.1 Å². The van der Waals surface area contributed by atoms with Gasteiger partial charge in [-0.3, -0.25) is 4.79 Å². The van der Waals surface area contributed by atoms with Crippen molar-refractivity contribution in [1.29, 1.82) is 0 Å². The van der Waals surface area contributed by atoms with Crippen LogP contribution in [0.3, 0.4) is 0 Å². The summed E-state index contributed by atoms with van der Waals surface area (Å²) >= 11 is 0. The second-order valence-electron chi connectivity index (χ2n) is 7.83. The molecule has 1 N–H and O–H groups in total. The number of aryl methyl sites for hydroxylation is 2. The van der Waals surface area contributed by atoms with Gasteiger partial charge in [0, 0.05) is 17.3 Å². The third-order valence-corrected chi connectivity index (χ3v) is 6.36. The molecule has 30 heavy (non-hydrogen) atoms. The van der Waals surface area contributed by atoms with Crippen molar-refractivity contribution in [3.63, 3.8) is 0 Å². The Hall–Kier alpha value is -3.19. The van der Waals surface area contributed by atoms with Crippen molar-refractivity contribution in [2.24, 2.45) is 0 Å². The van der Waals surface area contributed by atoms with Crippen molar-refractivity contribution in [3.8, 4) is 0 Å². The highest BCUT2D eigenvalue weighted by atomic mass is 32.2. The minimum Gasteiger partial charge on any atom is -0.324 e. The first-order valence-electron chi connectivity index (χ1n) is 9.84. The number of carbonyl (C=O) groups excluding carboxylic acids is 1. The number of imidazole rings is 1. The number of nitrogens with zero attached hydrogens (tertiary/aromatic N) is 2. The Morgan fingerprint density at radius 2 is 1.80 bits per heavy atom. The van der Waals surface area contributed by atoms with Crippen molar-refractivity contribution in [1.82, 2.24) is 9.55 Å². The Balaban J connectivity index is 1.49. The highest BCUT2D eigenvalue weighted by Gasteiger charge is 2.19. The SMILES string of the molecule is CS(=O)(=O)Cc1nc2ccccc2n1CC(=O)Nc1ccc2c3c(cccc13)CC2. The minimum atomic E-state index is -3.29. The summed E-state index contributed by atoms with van der Waals surface area (Å²) in [5, 5.41) is 5.30. The van der Waals surface area contributed by atoms with Crippen molar-refractivity contribution in [2.75, 3.05) is 11.6 Å². The van der Waals surface area contributed by atoms with E-state index >= 15 is 0 Å².